The number of nitrogens with one attached hydrogen (secondary N) is 1. The van der Waals surface area contributed by atoms with Crippen molar-refractivity contribution >= 4 is 16.6 Å². The smallest absolute Gasteiger partial charge is 0.262 e. The number of allylic oxidation sites excluding steroid dienone is 4. The number of nitrogens with zero attached hydrogens (tertiary/aromatic N) is 5. The van der Waals surface area contributed by atoms with E-state index in [4.69, 9.17) is 9.72 Å². The average molecular weight is 497 g/mol. The van der Waals surface area contributed by atoms with Crippen molar-refractivity contribution < 1.29 is 4.74 Å². The molecule has 0 bridgehead atoms. The van der Waals surface area contributed by atoms with Gasteiger partial charge >= 0.3 is 0 Å². The lowest BCUT2D eigenvalue weighted by Crippen LogP contribution is -2.23. The van der Waals surface area contributed by atoms with E-state index in [2.05, 4.69) is 58.3 Å². The zero-order valence-corrected chi connectivity index (χ0v) is 21.2. The molecular weight excluding hydrogens is 464 g/mol. The number of aromatic amines is 1. The summed E-state index contributed by atoms with van der Waals surface area (Å²) >= 11 is 0. The van der Waals surface area contributed by atoms with Gasteiger partial charge in [0.05, 0.1) is 23.9 Å². The number of hydrogen-bond acceptors (Lipinski definition) is 6. The second-order valence-electron chi connectivity index (χ2n) is 10.4. The van der Waals surface area contributed by atoms with Crippen LogP contribution < -0.4 is 5.56 Å². The van der Waals surface area contributed by atoms with Crippen LogP contribution in [0.15, 0.2) is 47.4 Å². The van der Waals surface area contributed by atoms with E-state index in [9.17, 15) is 10.1 Å². The van der Waals surface area contributed by atoms with Crippen LogP contribution >= 0.6 is 0 Å². The Morgan fingerprint density at radius 3 is 2.86 bits per heavy atom. The van der Waals surface area contributed by atoms with E-state index in [1.54, 1.807) is 6.20 Å². The molecule has 8 heteroatoms. The van der Waals surface area contributed by atoms with Gasteiger partial charge in [0.25, 0.3) is 5.56 Å². The molecule has 0 spiro atoms. The highest BCUT2D eigenvalue weighted by atomic mass is 16.5. The molecule has 1 aromatic carbocycles. The SMILES string of the molecule is CC[C@@H]1CN(Cc2ccc(C3=CC=CC3)cc2C#N)C[C@H]1c1nc2c(cnn2C2CCOCC2)c(=O)[nH]1. The number of aromatic nitrogens is 4. The summed E-state index contributed by atoms with van der Waals surface area (Å²) < 4.78 is 7.45. The van der Waals surface area contributed by atoms with Gasteiger partial charge in [-0.25, -0.2) is 9.67 Å². The van der Waals surface area contributed by atoms with Crippen molar-refractivity contribution in [2.75, 3.05) is 26.3 Å². The normalized spacial score (nSPS) is 22.5. The Bertz CT molecular complexity index is 1470. The molecule has 2 saturated heterocycles. The molecule has 6 rings (SSSR count). The highest BCUT2D eigenvalue weighted by Crippen LogP contribution is 2.35. The van der Waals surface area contributed by atoms with Crippen molar-refractivity contribution in [2.24, 2.45) is 5.92 Å². The van der Waals surface area contributed by atoms with E-state index in [0.29, 0.717) is 36.7 Å². The van der Waals surface area contributed by atoms with Crippen molar-refractivity contribution in [3.63, 3.8) is 0 Å². The predicted molar refractivity (Wildman–Crippen MR) is 142 cm³/mol. The first kappa shape index (κ1) is 23.8. The summed E-state index contributed by atoms with van der Waals surface area (Å²) in [5, 5.41) is 15.0. The largest absolute Gasteiger partial charge is 0.381 e. The monoisotopic (exact) mass is 496 g/mol. The van der Waals surface area contributed by atoms with E-state index in [1.165, 1.54) is 5.57 Å². The maximum Gasteiger partial charge on any atom is 0.262 e. The van der Waals surface area contributed by atoms with Gasteiger partial charge in [0.2, 0.25) is 0 Å². The van der Waals surface area contributed by atoms with Crippen molar-refractivity contribution in [3.8, 4) is 6.07 Å². The zero-order chi connectivity index (χ0) is 25.4. The lowest BCUT2D eigenvalue weighted by atomic mass is 9.93. The van der Waals surface area contributed by atoms with Gasteiger partial charge in [0, 0.05) is 38.8 Å². The minimum Gasteiger partial charge on any atom is -0.381 e. The van der Waals surface area contributed by atoms with Gasteiger partial charge in [-0.05, 0) is 47.9 Å². The first-order valence-electron chi connectivity index (χ1n) is 13.3. The molecule has 190 valence electrons. The van der Waals surface area contributed by atoms with Crippen molar-refractivity contribution in [2.45, 2.75) is 51.1 Å². The first-order chi connectivity index (χ1) is 18.1. The molecule has 0 amide bonds. The number of fused-ring (bicyclic) bond motifs is 1. The van der Waals surface area contributed by atoms with Crippen molar-refractivity contribution in [1.82, 2.24) is 24.6 Å². The van der Waals surface area contributed by atoms with E-state index < -0.39 is 0 Å². The molecule has 3 aliphatic rings. The molecule has 37 heavy (non-hydrogen) atoms. The summed E-state index contributed by atoms with van der Waals surface area (Å²) in [5.41, 5.74) is 4.70. The van der Waals surface area contributed by atoms with Gasteiger partial charge in [-0.15, -0.1) is 0 Å². The number of nitriles is 1. The summed E-state index contributed by atoms with van der Waals surface area (Å²) in [6.45, 7) is 6.02. The minimum absolute atomic E-state index is 0.121. The Kier molecular flexibility index (Phi) is 6.49. The van der Waals surface area contributed by atoms with Crippen LogP contribution in [-0.4, -0.2) is 51.0 Å². The fourth-order valence-corrected chi connectivity index (χ4v) is 6.06. The van der Waals surface area contributed by atoms with Crippen molar-refractivity contribution in [1.29, 1.82) is 5.26 Å². The number of H-pyrrole nitrogens is 1. The highest BCUT2D eigenvalue weighted by molar-refractivity contribution is 5.73. The fourth-order valence-electron chi connectivity index (χ4n) is 6.06. The van der Waals surface area contributed by atoms with E-state index >= 15 is 0 Å². The molecule has 0 saturated carbocycles. The standard InChI is InChI=1S/C29H32N6O2/c1-2-19-16-34(17-22-8-7-21(13-23(22)14-30)20-5-3-4-6-20)18-26(19)27-32-28-25(29(36)33-27)15-31-35(28)24-9-11-37-12-10-24/h3-5,7-8,13,15,19,24,26H,2,6,9-12,16-18H2,1H3,(H,32,33,36)/t19-,26-/m1/s1. The van der Waals surface area contributed by atoms with Crippen LogP contribution in [0.2, 0.25) is 0 Å². The molecule has 1 N–H and O–H groups in total. The Morgan fingerprint density at radius 2 is 2.11 bits per heavy atom. The van der Waals surface area contributed by atoms with Crippen LogP contribution in [0.3, 0.4) is 0 Å². The Labute approximate surface area is 216 Å². The topological polar surface area (TPSA) is 99.8 Å². The molecule has 2 aromatic heterocycles. The Hall–Kier alpha value is -3.54. The molecule has 0 unspecified atom stereocenters. The van der Waals surface area contributed by atoms with Crippen LogP contribution in [0.1, 0.15) is 67.1 Å². The third-order valence-electron chi connectivity index (χ3n) is 8.18. The lowest BCUT2D eigenvalue weighted by Gasteiger charge is -2.23. The second kappa shape index (κ2) is 10.1. The highest BCUT2D eigenvalue weighted by Gasteiger charge is 2.35. The van der Waals surface area contributed by atoms with E-state index in [-0.39, 0.29) is 17.5 Å². The number of ether oxygens (including phenoxy) is 1. The van der Waals surface area contributed by atoms with Gasteiger partial charge in [0.15, 0.2) is 5.65 Å². The van der Waals surface area contributed by atoms with Gasteiger partial charge in [-0.2, -0.15) is 10.4 Å². The molecular formula is C29H32N6O2. The summed E-state index contributed by atoms with van der Waals surface area (Å²) in [6.07, 6.45) is 11.6. The third kappa shape index (κ3) is 4.54. The van der Waals surface area contributed by atoms with Gasteiger partial charge < -0.3 is 9.72 Å². The van der Waals surface area contributed by atoms with Crippen LogP contribution in [-0.2, 0) is 11.3 Å². The number of likely N-dealkylation sites (tertiary alicyclic amines) is 1. The summed E-state index contributed by atoms with van der Waals surface area (Å²) in [6, 6.07) is 8.86. The fraction of sp³-hybridized carbons (Fsp3) is 0.448. The minimum atomic E-state index is -0.121. The average Bonchev–Trinajstić information content (AvgIpc) is 3.69. The van der Waals surface area contributed by atoms with Crippen LogP contribution in [0, 0.1) is 17.2 Å². The molecule has 3 aromatic rings. The van der Waals surface area contributed by atoms with E-state index in [0.717, 1.165) is 61.3 Å². The molecule has 2 atom stereocenters. The first-order valence-corrected chi connectivity index (χ1v) is 13.3. The number of rotatable bonds is 6. The summed E-state index contributed by atoms with van der Waals surface area (Å²) in [5.74, 6) is 1.25. The number of benzene rings is 1. The Morgan fingerprint density at radius 1 is 1.24 bits per heavy atom. The molecule has 1 aliphatic carbocycles. The van der Waals surface area contributed by atoms with Gasteiger partial charge in [0.1, 0.15) is 11.2 Å². The maximum atomic E-state index is 13.0. The van der Waals surface area contributed by atoms with Crippen LogP contribution in [0.4, 0.5) is 0 Å². The van der Waals surface area contributed by atoms with Crippen LogP contribution in [0.5, 0.6) is 0 Å². The van der Waals surface area contributed by atoms with Crippen molar-refractivity contribution in [3.05, 3.63) is 75.5 Å². The molecule has 0 radical (unpaired) electrons. The van der Waals surface area contributed by atoms with Gasteiger partial charge in [-0.3, -0.25) is 9.69 Å². The molecule has 4 heterocycles. The van der Waals surface area contributed by atoms with Crippen LogP contribution in [0.25, 0.3) is 16.6 Å². The third-order valence-corrected chi connectivity index (χ3v) is 8.18. The maximum absolute atomic E-state index is 13.0. The predicted octanol–water partition coefficient (Wildman–Crippen LogP) is 4.31. The molecule has 2 aliphatic heterocycles. The number of hydrogen-bond donors (Lipinski definition) is 1. The Balaban J connectivity index is 1.25. The van der Waals surface area contributed by atoms with E-state index in [1.807, 2.05) is 10.7 Å². The quantitative estimate of drug-likeness (QED) is 0.546. The molecule has 8 nitrogen and oxygen atoms in total. The zero-order valence-electron chi connectivity index (χ0n) is 21.2. The van der Waals surface area contributed by atoms with Gasteiger partial charge in [-0.1, -0.05) is 43.7 Å². The molecule has 2 fully saturated rings. The lowest BCUT2D eigenvalue weighted by molar-refractivity contribution is 0.0673. The second-order valence-corrected chi connectivity index (χ2v) is 10.4. The summed E-state index contributed by atoms with van der Waals surface area (Å²) in [4.78, 5) is 23.5. The summed E-state index contributed by atoms with van der Waals surface area (Å²) in [7, 11) is 0.